The molecule has 0 aliphatic carbocycles. The number of carboxylic acids is 1. The third kappa shape index (κ3) is 5.32. The summed E-state index contributed by atoms with van der Waals surface area (Å²) in [6, 6.07) is 13.2. The van der Waals surface area contributed by atoms with E-state index in [1.54, 1.807) is 30.1 Å². The monoisotopic (exact) mass is 594 g/mol. The van der Waals surface area contributed by atoms with Gasteiger partial charge in [-0.05, 0) is 49.6 Å². The Balaban J connectivity index is 1.41. The van der Waals surface area contributed by atoms with E-state index >= 15 is 0 Å². The lowest BCUT2D eigenvalue weighted by molar-refractivity contribution is 0.0695. The van der Waals surface area contributed by atoms with Crippen molar-refractivity contribution in [3.63, 3.8) is 0 Å². The van der Waals surface area contributed by atoms with Gasteiger partial charge in [-0.1, -0.05) is 29.0 Å². The minimum atomic E-state index is -1.27. The Kier molecular flexibility index (Phi) is 7.74. The van der Waals surface area contributed by atoms with Crippen molar-refractivity contribution in [1.29, 1.82) is 0 Å². The summed E-state index contributed by atoms with van der Waals surface area (Å²) in [5.74, 6) is -1.27. The van der Waals surface area contributed by atoms with E-state index in [2.05, 4.69) is 9.80 Å². The molecule has 2 unspecified atom stereocenters. The van der Waals surface area contributed by atoms with Crippen molar-refractivity contribution in [2.75, 3.05) is 50.3 Å². The molecule has 4 aromatic rings. The summed E-state index contributed by atoms with van der Waals surface area (Å²) in [5, 5.41) is 11.2. The van der Waals surface area contributed by atoms with E-state index in [0.29, 0.717) is 28.9 Å². The molecule has 0 spiro atoms. The van der Waals surface area contributed by atoms with Crippen LogP contribution in [0.2, 0.25) is 5.02 Å². The van der Waals surface area contributed by atoms with Gasteiger partial charge >= 0.3 is 5.97 Å². The van der Waals surface area contributed by atoms with Crippen LogP contribution in [-0.4, -0.2) is 73.2 Å². The maximum atomic E-state index is 12.8. The number of nitrogens with zero attached hydrogens (tertiary/aromatic N) is 4. The number of aromatic nitrogens is 2. The number of anilines is 2. The first-order chi connectivity index (χ1) is 19.9. The molecule has 2 aromatic carbocycles. The average Bonchev–Trinajstić information content (AvgIpc) is 3.72. The number of rotatable bonds is 8. The highest BCUT2D eigenvalue weighted by molar-refractivity contribution is 7.22. The SMILES string of the molecule is COCC1CCCN1c1nc2ccc(-n3cc(C(=O)O)c(=O)cc3-c3ccc(N4CCC(OC)C4)c(Cl)c3)cc2s1. The van der Waals surface area contributed by atoms with Gasteiger partial charge in [0.05, 0.1) is 45.4 Å². The quantitative estimate of drug-likeness (QED) is 0.293. The number of thiazole rings is 1. The molecule has 2 aromatic heterocycles. The molecule has 1 N–H and O–H groups in total. The second-order valence-electron chi connectivity index (χ2n) is 10.5. The van der Waals surface area contributed by atoms with Crippen LogP contribution in [0.1, 0.15) is 29.6 Å². The molecular formula is C30H31ClN4O5S. The highest BCUT2D eigenvalue weighted by atomic mass is 35.5. The molecule has 0 amide bonds. The zero-order valence-corrected chi connectivity index (χ0v) is 24.5. The van der Waals surface area contributed by atoms with Crippen LogP contribution in [0, 0.1) is 0 Å². The molecule has 11 heteroatoms. The molecule has 214 valence electrons. The number of fused-ring (bicyclic) bond motifs is 1. The smallest absolute Gasteiger partial charge is 0.341 e. The lowest BCUT2D eigenvalue weighted by Crippen LogP contribution is -2.32. The summed E-state index contributed by atoms with van der Waals surface area (Å²) < 4.78 is 13.6. The van der Waals surface area contributed by atoms with Crippen LogP contribution in [0.4, 0.5) is 10.8 Å². The van der Waals surface area contributed by atoms with Gasteiger partial charge in [0.1, 0.15) is 5.56 Å². The van der Waals surface area contributed by atoms with Gasteiger partial charge < -0.3 is 28.9 Å². The van der Waals surface area contributed by atoms with Gasteiger partial charge in [-0.15, -0.1) is 0 Å². The predicted molar refractivity (Wildman–Crippen MR) is 162 cm³/mol. The first-order valence-electron chi connectivity index (χ1n) is 13.6. The van der Waals surface area contributed by atoms with Crippen molar-refractivity contribution >= 4 is 49.9 Å². The van der Waals surface area contributed by atoms with E-state index in [1.165, 1.54) is 12.3 Å². The van der Waals surface area contributed by atoms with Crippen LogP contribution in [0.5, 0.6) is 0 Å². The van der Waals surface area contributed by atoms with Crippen LogP contribution in [-0.2, 0) is 9.47 Å². The fourth-order valence-corrected chi connectivity index (χ4v) is 7.22. The van der Waals surface area contributed by atoms with Gasteiger partial charge in [0.25, 0.3) is 0 Å². The number of hydrogen-bond acceptors (Lipinski definition) is 8. The van der Waals surface area contributed by atoms with E-state index in [1.807, 2.05) is 36.4 Å². The Labute approximate surface area is 246 Å². The van der Waals surface area contributed by atoms with Gasteiger partial charge in [-0.2, -0.15) is 0 Å². The van der Waals surface area contributed by atoms with Crippen molar-refractivity contribution in [3.05, 3.63) is 69.5 Å². The summed E-state index contributed by atoms with van der Waals surface area (Å²) in [6.07, 6.45) is 4.65. The number of benzene rings is 2. The maximum Gasteiger partial charge on any atom is 0.341 e. The second kappa shape index (κ2) is 11.4. The molecule has 41 heavy (non-hydrogen) atoms. The summed E-state index contributed by atoms with van der Waals surface area (Å²) in [6.45, 7) is 3.20. The Morgan fingerprint density at radius 1 is 1.15 bits per heavy atom. The van der Waals surface area contributed by atoms with Crippen molar-refractivity contribution in [3.8, 4) is 16.9 Å². The molecule has 0 radical (unpaired) electrons. The highest BCUT2D eigenvalue weighted by Gasteiger charge is 2.27. The number of pyridine rings is 1. The summed E-state index contributed by atoms with van der Waals surface area (Å²) in [7, 11) is 3.44. The molecule has 6 rings (SSSR count). The number of hydrogen-bond donors (Lipinski definition) is 1. The molecule has 2 atom stereocenters. The molecule has 4 heterocycles. The van der Waals surface area contributed by atoms with Crippen molar-refractivity contribution in [2.24, 2.45) is 0 Å². The van der Waals surface area contributed by atoms with Gasteiger partial charge in [0, 0.05) is 57.4 Å². The van der Waals surface area contributed by atoms with E-state index in [4.69, 9.17) is 26.1 Å². The van der Waals surface area contributed by atoms with E-state index in [-0.39, 0.29) is 11.7 Å². The Morgan fingerprint density at radius 3 is 2.73 bits per heavy atom. The van der Waals surface area contributed by atoms with Crippen molar-refractivity contribution in [2.45, 2.75) is 31.4 Å². The largest absolute Gasteiger partial charge is 0.477 e. The fraction of sp³-hybridized carbons (Fsp3) is 0.367. The van der Waals surface area contributed by atoms with E-state index in [0.717, 1.165) is 65.6 Å². The zero-order valence-electron chi connectivity index (χ0n) is 22.9. The lowest BCUT2D eigenvalue weighted by atomic mass is 10.1. The number of carbonyl (C=O) groups is 1. The van der Waals surface area contributed by atoms with Crippen LogP contribution in [0.3, 0.4) is 0 Å². The van der Waals surface area contributed by atoms with Crippen LogP contribution >= 0.6 is 22.9 Å². The zero-order chi connectivity index (χ0) is 28.7. The maximum absolute atomic E-state index is 12.8. The highest BCUT2D eigenvalue weighted by Crippen LogP contribution is 2.37. The molecular weight excluding hydrogens is 564 g/mol. The second-order valence-corrected chi connectivity index (χ2v) is 11.9. The van der Waals surface area contributed by atoms with Gasteiger partial charge in [-0.3, -0.25) is 4.79 Å². The van der Waals surface area contributed by atoms with Crippen LogP contribution < -0.4 is 15.2 Å². The molecule has 2 aliphatic heterocycles. The topological polar surface area (TPSA) is 97.1 Å². The van der Waals surface area contributed by atoms with Gasteiger partial charge in [0.15, 0.2) is 10.6 Å². The third-order valence-corrected chi connectivity index (χ3v) is 9.32. The molecule has 0 saturated carbocycles. The average molecular weight is 595 g/mol. The van der Waals surface area contributed by atoms with Crippen LogP contribution in [0.25, 0.3) is 27.2 Å². The van der Waals surface area contributed by atoms with E-state index in [9.17, 15) is 14.7 Å². The van der Waals surface area contributed by atoms with Crippen molar-refractivity contribution < 1.29 is 19.4 Å². The molecule has 2 fully saturated rings. The summed E-state index contributed by atoms with van der Waals surface area (Å²) in [4.78, 5) is 34.1. The Hall–Kier alpha value is -3.44. The van der Waals surface area contributed by atoms with Crippen molar-refractivity contribution in [1.82, 2.24) is 9.55 Å². The summed E-state index contributed by atoms with van der Waals surface area (Å²) >= 11 is 8.36. The summed E-state index contributed by atoms with van der Waals surface area (Å²) in [5.41, 5.74) is 2.88. The fourth-order valence-electron chi connectivity index (χ4n) is 5.82. The van der Waals surface area contributed by atoms with Crippen LogP contribution in [0.15, 0.2) is 53.5 Å². The standard InChI is InChI=1S/C30H31ClN4O5S/c1-39-17-20-4-3-10-34(20)30-32-24-7-6-19(13-28(24)41-30)35-16-22(29(37)38)27(36)14-26(35)18-5-8-25(23(31)12-18)33-11-9-21(15-33)40-2/h5-8,12-14,16,20-21H,3-4,9-11,15,17H2,1-2H3,(H,37,38). The minimum Gasteiger partial charge on any atom is -0.477 e. The number of carboxylic acid groups (broad SMARTS) is 1. The first kappa shape index (κ1) is 27.7. The number of ether oxygens (including phenoxy) is 2. The minimum absolute atomic E-state index is 0.165. The lowest BCUT2D eigenvalue weighted by Gasteiger charge is -2.22. The number of methoxy groups -OCH3 is 2. The molecule has 2 saturated heterocycles. The third-order valence-electron chi connectivity index (χ3n) is 7.96. The molecule has 9 nitrogen and oxygen atoms in total. The van der Waals surface area contributed by atoms with E-state index < -0.39 is 11.4 Å². The molecule has 2 aliphatic rings. The number of halogens is 1. The Bertz CT molecular complexity index is 1670. The molecule has 0 bridgehead atoms. The number of aromatic carboxylic acids is 1. The Morgan fingerprint density at radius 2 is 2.00 bits per heavy atom. The first-order valence-corrected chi connectivity index (χ1v) is 14.8. The predicted octanol–water partition coefficient (Wildman–Crippen LogP) is 5.31. The van der Waals surface area contributed by atoms with Gasteiger partial charge in [0.2, 0.25) is 0 Å². The van der Waals surface area contributed by atoms with Gasteiger partial charge in [-0.25, -0.2) is 9.78 Å². The normalized spacial score (nSPS) is 19.0.